The number of fused-ring (bicyclic) bond motifs is 1. The Labute approximate surface area is 202 Å². The maximum atomic E-state index is 14.7. The summed E-state index contributed by atoms with van der Waals surface area (Å²) in [5, 5.41) is 4.40. The molecule has 3 aromatic heterocycles. The number of halogens is 1. The van der Waals surface area contributed by atoms with Crippen molar-refractivity contribution < 1.29 is 9.18 Å². The van der Waals surface area contributed by atoms with Gasteiger partial charge in [-0.1, -0.05) is 18.2 Å². The van der Waals surface area contributed by atoms with E-state index < -0.39 is 5.82 Å². The second-order valence-corrected chi connectivity index (χ2v) is 8.72. The smallest absolute Gasteiger partial charge is 0.272 e. The van der Waals surface area contributed by atoms with Crippen LogP contribution in [0.4, 0.5) is 4.39 Å². The number of pyridine rings is 2. The SMILES string of the molecule is CCn1nc(C)cc1C(=O)N1CCc2c(cc(-c3ccccc3F)c(=O)n2Cc2ccncc2)C1. The molecular formula is C27H26FN5O2. The molecule has 178 valence electrons. The van der Waals surface area contributed by atoms with Crippen LogP contribution in [0.25, 0.3) is 11.1 Å². The van der Waals surface area contributed by atoms with Crippen LogP contribution in [0.15, 0.2) is 65.7 Å². The summed E-state index contributed by atoms with van der Waals surface area (Å²) < 4.78 is 18.2. The number of nitrogens with zero attached hydrogens (tertiary/aromatic N) is 5. The third-order valence-electron chi connectivity index (χ3n) is 6.43. The summed E-state index contributed by atoms with van der Waals surface area (Å²) in [6.45, 7) is 5.58. The molecule has 0 N–H and O–H groups in total. The van der Waals surface area contributed by atoms with E-state index in [1.54, 1.807) is 56.9 Å². The fraction of sp³-hybridized carbons (Fsp3) is 0.259. The van der Waals surface area contributed by atoms with Gasteiger partial charge in [-0.2, -0.15) is 5.10 Å². The highest BCUT2D eigenvalue weighted by atomic mass is 19.1. The van der Waals surface area contributed by atoms with Crippen LogP contribution < -0.4 is 5.56 Å². The van der Waals surface area contributed by atoms with E-state index in [9.17, 15) is 14.0 Å². The summed E-state index contributed by atoms with van der Waals surface area (Å²) in [6, 6.07) is 13.6. The molecule has 4 aromatic rings. The minimum atomic E-state index is -0.453. The normalized spacial score (nSPS) is 13.1. The van der Waals surface area contributed by atoms with Gasteiger partial charge < -0.3 is 9.47 Å². The Bertz CT molecular complexity index is 1460. The molecule has 1 aromatic carbocycles. The molecule has 4 heterocycles. The number of hydrogen-bond donors (Lipinski definition) is 0. The largest absolute Gasteiger partial charge is 0.333 e. The van der Waals surface area contributed by atoms with Gasteiger partial charge in [0, 0.05) is 49.7 Å². The third-order valence-corrected chi connectivity index (χ3v) is 6.43. The molecule has 1 amide bonds. The zero-order chi connectivity index (χ0) is 24.5. The van der Waals surface area contributed by atoms with E-state index in [2.05, 4.69) is 10.1 Å². The first kappa shape index (κ1) is 22.7. The summed E-state index contributed by atoms with van der Waals surface area (Å²) in [7, 11) is 0. The lowest BCUT2D eigenvalue weighted by molar-refractivity contribution is 0.0719. The van der Waals surface area contributed by atoms with Gasteiger partial charge in [0.05, 0.1) is 17.8 Å². The molecule has 35 heavy (non-hydrogen) atoms. The van der Waals surface area contributed by atoms with E-state index in [0.29, 0.717) is 43.9 Å². The van der Waals surface area contributed by atoms with Gasteiger partial charge in [-0.3, -0.25) is 19.3 Å². The topological polar surface area (TPSA) is 73.0 Å². The van der Waals surface area contributed by atoms with Crippen molar-refractivity contribution in [3.05, 3.63) is 105 Å². The molecule has 1 aliphatic heterocycles. The Balaban J connectivity index is 1.59. The highest BCUT2D eigenvalue weighted by Gasteiger charge is 2.28. The Kier molecular flexibility index (Phi) is 6.03. The fourth-order valence-corrected chi connectivity index (χ4v) is 4.72. The molecular weight excluding hydrogens is 445 g/mol. The standard InChI is InChI=1S/C27H26FN5O2/c1-3-33-25(14-18(2)30-33)27(35)31-13-10-24-20(17-31)15-22(21-6-4-5-7-23(21)28)26(34)32(24)16-19-8-11-29-12-9-19/h4-9,11-12,14-15H,3,10,13,16-17H2,1-2H3. The first-order valence-corrected chi connectivity index (χ1v) is 11.7. The summed E-state index contributed by atoms with van der Waals surface area (Å²) in [5.74, 6) is -0.552. The molecule has 5 rings (SSSR count). The molecule has 0 saturated heterocycles. The fourth-order valence-electron chi connectivity index (χ4n) is 4.72. The quantitative estimate of drug-likeness (QED) is 0.444. The zero-order valence-corrected chi connectivity index (χ0v) is 19.7. The van der Waals surface area contributed by atoms with Crippen molar-refractivity contribution >= 4 is 5.91 Å². The molecule has 0 unspecified atom stereocenters. The maximum Gasteiger partial charge on any atom is 0.272 e. The molecule has 7 nitrogen and oxygen atoms in total. The van der Waals surface area contributed by atoms with Gasteiger partial charge in [0.2, 0.25) is 0 Å². The molecule has 0 atom stereocenters. The highest BCUT2D eigenvalue weighted by Crippen LogP contribution is 2.27. The van der Waals surface area contributed by atoms with Crippen LogP contribution in [0.2, 0.25) is 0 Å². The molecule has 0 bridgehead atoms. The maximum absolute atomic E-state index is 14.7. The van der Waals surface area contributed by atoms with E-state index >= 15 is 0 Å². The number of benzene rings is 1. The second kappa shape index (κ2) is 9.29. The monoisotopic (exact) mass is 471 g/mol. The summed E-state index contributed by atoms with van der Waals surface area (Å²) >= 11 is 0. The molecule has 8 heteroatoms. The molecule has 0 radical (unpaired) electrons. The predicted molar refractivity (Wildman–Crippen MR) is 131 cm³/mol. The number of amides is 1. The van der Waals surface area contributed by atoms with Crippen molar-refractivity contribution in [2.75, 3.05) is 6.54 Å². The Morgan fingerprint density at radius 1 is 1.09 bits per heavy atom. The van der Waals surface area contributed by atoms with Crippen LogP contribution in [-0.2, 0) is 26.1 Å². The van der Waals surface area contributed by atoms with Gasteiger partial charge in [-0.25, -0.2) is 4.39 Å². The number of carbonyl (C=O) groups excluding carboxylic acids is 1. The molecule has 0 aliphatic carbocycles. The van der Waals surface area contributed by atoms with Crippen LogP contribution in [0, 0.1) is 12.7 Å². The first-order valence-electron chi connectivity index (χ1n) is 11.7. The lowest BCUT2D eigenvalue weighted by Crippen LogP contribution is -2.40. The molecule has 1 aliphatic rings. The third kappa shape index (κ3) is 4.27. The van der Waals surface area contributed by atoms with Crippen LogP contribution in [-0.4, -0.2) is 36.7 Å². The van der Waals surface area contributed by atoms with Gasteiger partial charge in [0.25, 0.3) is 11.5 Å². The van der Waals surface area contributed by atoms with Gasteiger partial charge in [-0.15, -0.1) is 0 Å². The Morgan fingerprint density at radius 3 is 2.60 bits per heavy atom. The van der Waals surface area contributed by atoms with Crippen molar-refractivity contribution in [3.8, 4) is 11.1 Å². The van der Waals surface area contributed by atoms with Gasteiger partial charge in [-0.05, 0) is 55.3 Å². The zero-order valence-electron chi connectivity index (χ0n) is 19.7. The van der Waals surface area contributed by atoms with Crippen molar-refractivity contribution in [2.24, 2.45) is 0 Å². The van der Waals surface area contributed by atoms with E-state index in [1.807, 2.05) is 26.0 Å². The van der Waals surface area contributed by atoms with Gasteiger partial charge in [0.15, 0.2) is 0 Å². The van der Waals surface area contributed by atoms with Crippen LogP contribution in [0.5, 0.6) is 0 Å². The molecule has 0 spiro atoms. The van der Waals surface area contributed by atoms with E-state index in [1.165, 1.54) is 6.07 Å². The predicted octanol–water partition coefficient (Wildman–Crippen LogP) is 3.82. The van der Waals surface area contributed by atoms with Crippen LogP contribution >= 0.6 is 0 Å². The van der Waals surface area contributed by atoms with Gasteiger partial charge >= 0.3 is 0 Å². The van der Waals surface area contributed by atoms with Crippen molar-refractivity contribution in [1.82, 2.24) is 24.2 Å². The summed E-state index contributed by atoms with van der Waals surface area (Å²) in [6.07, 6.45) is 3.90. The van der Waals surface area contributed by atoms with E-state index in [0.717, 1.165) is 22.5 Å². The molecule has 0 saturated carbocycles. The lowest BCUT2D eigenvalue weighted by Gasteiger charge is -2.31. The number of aromatic nitrogens is 4. The lowest BCUT2D eigenvalue weighted by atomic mass is 9.98. The Hall–Kier alpha value is -4.07. The second-order valence-electron chi connectivity index (χ2n) is 8.72. The summed E-state index contributed by atoms with van der Waals surface area (Å²) in [5.41, 5.74) is 4.29. The van der Waals surface area contributed by atoms with E-state index in [-0.39, 0.29) is 17.0 Å². The number of hydrogen-bond acceptors (Lipinski definition) is 4. The van der Waals surface area contributed by atoms with Crippen LogP contribution in [0.3, 0.4) is 0 Å². The number of carbonyl (C=O) groups is 1. The number of rotatable bonds is 5. The van der Waals surface area contributed by atoms with Crippen molar-refractivity contribution in [2.45, 2.75) is 39.9 Å². The minimum Gasteiger partial charge on any atom is -0.333 e. The average molecular weight is 472 g/mol. The first-order chi connectivity index (χ1) is 17.0. The minimum absolute atomic E-state index is 0.0996. The average Bonchev–Trinajstić information content (AvgIpc) is 3.26. The summed E-state index contributed by atoms with van der Waals surface area (Å²) in [4.78, 5) is 32.8. The van der Waals surface area contributed by atoms with E-state index in [4.69, 9.17) is 0 Å². The van der Waals surface area contributed by atoms with Gasteiger partial charge in [0.1, 0.15) is 11.5 Å². The number of aryl methyl sites for hydroxylation is 2. The molecule has 0 fully saturated rings. The highest BCUT2D eigenvalue weighted by molar-refractivity contribution is 5.93. The Morgan fingerprint density at radius 2 is 1.86 bits per heavy atom. The van der Waals surface area contributed by atoms with Crippen LogP contribution in [0.1, 0.15) is 39.9 Å². The van der Waals surface area contributed by atoms with Crippen molar-refractivity contribution in [1.29, 1.82) is 0 Å². The van der Waals surface area contributed by atoms with Crippen molar-refractivity contribution in [3.63, 3.8) is 0 Å².